The van der Waals surface area contributed by atoms with Crippen LogP contribution >= 0.6 is 0 Å². The fourth-order valence-corrected chi connectivity index (χ4v) is 3.63. The largest absolute Gasteiger partial charge is 0.443 e. The Bertz CT molecular complexity index is 605. The van der Waals surface area contributed by atoms with Gasteiger partial charge in [0, 0.05) is 24.8 Å². The van der Waals surface area contributed by atoms with Gasteiger partial charge in [-0.1, -0.05) is 26.3 Å². The third-order valence-electron chi connectivity index (χ3n) is 4.80. The molecule has 152 valence electrons. The van der Waals surface area contributed by atoms with Gasteiger partial charge in [-0.25, -0.2) is 9.78 Å². The number of ether oxygens (including phenoxy) is 1. The lowest BCUT2D eigenvalue weighted by Gasteiger charge is -2.39. The van der Waals surface area contributed by atoms with Crippen LogP contribution in [0.15, 0.2) is 18.3 Å². The number of aromatic nitrogens is 1. The molecule has 0 unspecified atom stereocenters. The Kier molecular flexibility index (Phi) is 7.26. The highest BCUT2D eigenvalue weighted by atomic mass is 16.6. The van der Waals surface area contributed by atoms with Gasteiger partial charge < -0.3 is 4.74 Å². The van der Waals surface area contributed by atoms with Gasteiger partial charge in [0.2, 0.25) is 0 Å². The summed E-state index contributed by atoms with van der Waals surface area (Å²) in [6.07, 6.45) is 5.30. The molecule has 1 amide bonds. The minimum atomic E-state index is -0.522. The summed E-state index contributed by atoms with van der Waals surface area (Å²) >= 11 is 0. The zero-order valence-corrected chi connectivity index (χ0v) is 18.2. The van der Waals surface area contributed by atoms with Gasteiger partial charge in [0.25, 0.3) is 0 Å². The number of anilines is 1. The lowest BCUT2D eigenvalue weighted by atomic mass is 9.95. The Morgan fingerprint density at radius 1 is 1.26 bits per heavy atom. The summed E-state index contributed by atoms with van der Waals surface area (Å²) in [4.78, 5) is 21.5. The van der Waals surface area contributed by atoms with Crippen molar-refractivity contribution >= 4 is 11.9 Å². The van der Waals surface area contributed by atoms with Crippen molar-refractivity contribution in [3.05, 3.63) is 23.9 Å². The van der Waals surface area contributed by atoms with Gasteiger partial charge in [-0.3, -0.25) is 9.80 Å². The summed E-state index contributed by atoms with van der Waals surface area (Å²) in [6.45, 7) is 16.1. The van der Waals surface area contributed by atoms with E-state index in [-0.39, 0.29) is 6.09 Å². The van der Waals surface area contributed by atoms with E-state index in [0.29, 0.717) is 30.4 Å². The van der Waals surface area contributed by atoms with Gasteiger partial charge in [-0.15, -0.1) is 0 Å². The number of likely N-dealkylation sites (tertiary alicyclic amines) is 1. The maximum Gasteiger partial charge on any atom is 0.416 e. The highest BCUT2D eigenvalue weighted by Crippen LogP contribution is 2.32. The first kappa shape index (κ1) is 21.7. The number of piperidine rings is 1. The van der Waals surface area contributed by atoms with E-state index >= 15 is 0 Å². The van der Waals surface area contributed by atoms with Gasteiger partial charge >= 0.3 is 6.09 Å². The first-order valence-electron chi connectivity index (χ1n) is 10.3. The van der Waals surface area contributed by atoms with E-state index in [1.54, 1.807) is 4.90 Å². The monoisotopic (exact) mass is 375 g/mol. The Labute approximate surface area is 165 Å². The Morgan fingerprint density at radius 2 is 1.96 bits per heavy atom. The molecule has 1 aromatic heterocycles. The van der Waals surface area contributed by atoms with Crippen LogP contribution in [0.4, 0.5) is 10.6 Å². The van der Waals surface area contributed by atoms with Crippen LogP contribution < -0.4 is 4.90 Å². The molecule has 5 heteroatoms. The third-order valence-corrected chi connectivity index (χ3v) is 4.80. The molecule has 0 aliphatic carbocycles. The fraction of sp³-hybridized carbons (Fsp3) is 0.727. The first-order valence-corrected chi connectivity index (χ1v) is 10.3. The molecule has 0 aromatic carbocycles. The molecule has 1 aromatic rings. The SMILES string of the molecule is CC(C)CN(C(=O)OC(C)(C)C)c1ccc([C@H]2CCCCN2C(C)C)cn1. The molecule has 5 nitrogen and oxygen atoms in total. The number of hydrogen-bond acceptors (Lipinski definition) is 4. The van der Waals surface area contributed by atoms with Crippen molar-refractivity contribution in [1.82, 2.24) is 9.88 Å². The first-order chi connectivity index (χ1) is 12.6. The molecule has 0 saturated carbocycles. The Morgan fingerprint density at radius 3 is 2.48 bits per heavy atom. The van der Waals surface area contributed by atoms with Crippen LogP contribution in [-0.2, 0) is 4.74 Å². The van der Waals surface area contributed by atoms with Crippen molar-refractivity contribution in [3.63, 3.8) is 0 Å². The van der Waals surface area contributed by atoms with Crippen molar-refractivity contribution in [1.29, 1.82) is 0 Å². The molecule has 1 aliphatic heterocycles. The van der Waals surface area contributed by atoms with Crippen molar-refractivity contribution in [2.75, 3.05) is 18.0 Å². The van der Waals surface area contributed by atoms with Crippen molar-refractivity contribution in [2.24, 2.45) is 5.92 Å². The predicted molar refractivity (Wildman–Crippen MR) is 111 cm³/mol. The van der Waals surface area contributed by atoms with Gasteiger partial charge in [0.1, 0.15) is 11.4 Å². The van der Waals surface area contributed by atoms with Crippen molar-refractivity contribution < 1.29 is 9.53 Å². The van der Waals surface area contributed by atoms with Crippen LogP contribution in [0.3, 0.4) is 0 Å². The van der Waals surface area contributed by atoms with Crippen molar-refractivity contribution in [2.45, 2.75) is 85.4 Å². The summed E-state index contributed by atoms with van der Waals surface area (Å²) in [5, 5.41) is 0. The zero-order chi connectivity index (χ0) is 20.2. The lowest BCUT2D eigenvalue weighted by Crippen LogP contribution is -2.40. The number of amides is 1. The summed E-state index contributed by atoms with van der Waals surface area (Å²) in [7, 11) is 0. The number of pyridine rings is 1. The minimum Gasteiger partial charge on any atom is -0.443 e. The smallest absolute Gasteiger partial charge is 0.416 e. The predicted octanol–water partition coefficient (Wildman–Crippen LogP) is 5.41. The molecule has 1 aliphatic rings. The van der Waals surface area contributed by atoms with E-state index in [4.69, 9.17) is 4.74 Å². The quantitative estimate of drug-likeness (QED) is 0.690. The maximum atomic E-state index is 12.7. The van der Waals surface area contributed by atoms with E-state index in [2.05, 4.69) is 43.6 Å². The summed E-state index contributed by atoms with van der Waals surface area (Å²) in [5.41, 5.74) is 0.715. The van der Waals surface area contributed by atoms with Gasteiger partial charge in [0.05, 0.1) is 0 Å². The zero-order valence-electron chi connectivity index (χ0n) is 18.2. The number of nitrogens with zero attached hydrogens (tertiary/aromatic N) is 3. The van der Waals surface area contributed by atoms with E-state index in [1.165, 1.54) is 24.8 Å². The molecule has 2 rings (SSSR count). The van der Waals surface area contributed by atoms with Crippen LogP contribution in [0.5, 0.6) is 0 Å². The highest BCUT2D eigenvalue weighted by molar-refractivity contribution is 5.86. The van der Waals surface area contributed by atoms with Crippen LogP contribution in [-0.4, -0.2) is 40.7 Å². The maximum absolute atomic E-state index is 12.7. The molecular formula is C22H37N3O2. The molecule has 27 heavy (non-hydrogen) atoms. The highest BCUT2D eigenvalue weighted by Gasteiger charge is 2.28. The van der Waals surface area contributed by atoms with Gasteiger partial charge in [-0.05, 0) is 71.6 Å². The van der Waals surface area contributed by atoms with E-state index < -0.39 is 5.60 Å². The molecule has 1 atom stereocenters. The van der Waals surface area contributed by atoms with Crippen LogP contribution in [0.25, 0.3) is 0 Å². The summed E-state index contributed by atoms with van der Waals surface area (Å²) in [6, 6.07) is 5.04. The minimum absolute atomic E-state index is 0.328. The second kappa shape index (κ2) is 9.05. The lowest BCUT2D eigenvalue weighted by molar-refractivity contribution is 0.0575. The standard InChI is InChI=1S/C22H37N3O2/c1-16(2)15-25(21(26)27-22(5,6)7)20-12-11-18(14-23-20)19-10-8-9-13-24(19)17(3)4/h11-12,14,16-17,19H,8-10,13,15H2,1-7H3/t19-/m1/s1. The average molecular weight is 376 g/mol. The van der Waals surface area contributed by atoms with Crippen LogP contribution in [0, 0.1) is 5.92 Å². The third kappa shape index (κ3) is 6.20. The van der Waals surface area contributed by atoms with E-state index in [1.807, 2.05) is 33.0 Å². The molecule has 2 heterocycles. The topological polar surface area (TPSA) is 45.7 Å². The normalized spacial score (nSPS) is 18.8. The number of carbonyl (C=O) groups is 1. The number of hydrogen-bond donors (Lipinski definition) is 0. The van der Waals surface area contributed by atoms with Crippen molar-refractivity contribution in [3.8, 4) is 0 Å². The molecule has 0 radical (unpaired) electrons. The molecule has 0 bridgehead atoms. The second-order valence-corrected chi connectivity index (χ2v) is 9.28. The van der Waals surface area contributed by atoms with E-state index in [9.17, 15) is 4.79 Å². The Balaban J connectivity index is 2.22. The fourth-order valence-electron chi connectivity index (χ4n) is 3.63. The second-order valence-electron chi connectivity index (χ2n) is 9.28. The average Bonchev–Trinajstić information content (AvgIpc) is 2.58. The molecule has 0 N–H and O–H groups in total. The number of rotatable bonds is 5. The number of carbonyl (C=O) groups excluding carboxylic acids is 1. The Hall–Kier alpha value is -1.62. The summed E-state index contributed by atoms with van der Waals surface area (Å²) < 4.78 is 5.59. The molecular weight excluding hydrogens is 338 g/mol. The van der Waals surface area contributed by atoms with Crippen LogP contribution in [0.2, 0.25) is 0 Å². The molecule has 0 spiro atoms. The molecule has 1 saturated heterocycles. The van der Waals surface area contributed by atoms with Crippen LogP contribution in [0.1, 0.15) is 79.3 Å². The summed E-state index contributed by atoms with van der Waals surface area (Å²) in [5.74, 6) is 0.988. The van der Waals surface area contributed by atoms with Gasteiger partial charge in [0.15, 0.2) is 0 Å². The van der Waals surface area contributed by atoms with Gasteiger partial charge in [-0.2, -0.15) is 0 Å². The molecule has 1 fully saturated rings. The van der Waals surface area contributed by atoms with E-state index in [0.717, 1.165) is 6.54 Å².